The van der Waals surface area contributed by atoms with Crippen LogP contribution in [0.5, 0.6) is 0 Å². The van der Waals surface area contributed by atoms with E-state index in [0.717, 1.165) is 11.3 Å². The Kier molecular flexibility index (Phi) is 3.29. The van der Waals surface area contributed by atoms with Gasteiger partial charge in [-0.05, 0) is 25.5 Å². The molecule has 1 heterocycles. The molecule has 1 aromatic heterocycles. The molecule has 0 spiro atoms. The highest BCUT2D eigenvalue weighted by molar-refractivity contribution is 5.90. The molecule has 82 valence electrons. The van der Waals surface area contributed by atoms with Gasteiger partial charge in [0.25, 0.3) is 0 Å². The minimum Gasteiger partial charge on any atom is -0.464 e. The molecule has 0 bridgehead atoms. The van der Waals surface area contributed by atoms with Crippen molar-refractivity contribution in [2.45, 2.75) is 20.3 Å². The van der Waals surface area contributed by atoms with Crippen LogP contribution in [0.15, 0.2) is 6.07 Å². The summed E-state index contributed by atoms with van der Waals surface area (Å²) in [6.07, 6.45) is 0.342. The number of Topliss-reactive ketones (excluding diaryl/α,β-unsaturated/α-hetero) is 1. The van der Waals surface area contributed by atoms with E-state index in [9.17, 15) is 9.59 Å². The van der Waals surface area contributed by atoms with Gasteiger partial charge in [0.05, 0.1) is 7.11 Å². The van der Waals surface area contributed by atoms with Crippen molar-refractivity contribution in [1.82, 2.24) is 4.57 Å². The van der Waals surface area contributed by atoms with E-state index in [4.69, 9.17) is 0 Å². The zero-order valence-electron chi connectivity index (χ0n) is 9.46. The van der Waals surface area contributed by atoms with Gasteiger partial charge in [0.1, 0.15) is 11.5 Å². The fourth-order valence-corrected chi connectivity index (χ4v) is 1.64. The van der Waals surface area contributed by atoms with Crippen LogP contribution in [0.2, 0.25) is 0 Å². The van der Waals surface area contributed by atoms with E-state index in [2.05, 4.69) is 4.74 Å². The number of nitrogens with zero attached hydrogens (tertiary/aromatic N) is 1. The number of hydrogen-bond donors (Lipinski definition) is 0. The van der Waals surface area contributed by atoms with Crippen molar-refractivity contribution >= 4 is 11.8 Å². The third-order valence-electron chi connectivity index (χ3n) is 2.33. The summed E-state index contributed by atoms with van der Waals surface area (Å²) in [6, 6.07) is 1.84. The average molecular weight is 209 g/mol. The van der Waals surface area contributed by atoms with Crippen molar-refractivity contribution in [3.8, 4) is 0 Å². The minimum atomic E-state index is -0.371. The largest absolute Gasteiger partial charge is 0.464 e. The van der Waals surface area contributed by atoms with Gasteiger partial charge in [-0.25, -0.2) is 4.79 Å². The Labute approximate surface area is 88.8 Å². The molecule has 0 aliphatic rings. The molecule has 0 atom stereocenters. The van der Waals surface area contributed by atoms with Gasteiger partial charge in [-0.15, -0.1) is 0 Å². The molecule has 0 aliphatic carbocycles. The van der Waals surface area contributed by atoms with Gasteiger partial charge in [0.2, 0.25) is 0 Å². The number of methoxy groups -OCH3 is 1. The molecule has 0 aliphatic heterocycles. The van der Waals surface area contributed by atoms with Crippen LogP contribution < -0.4 is 0 Å². The number of ether oxygens (including phenoxy) is 1. The SMILES string of the molecule is COC(=O)c1c(C)cc(CC(C)=O)n1C. The van der Waals surface area contributed by atoms with Crippen molar-refractivity contribution in [2.75, 3.05) is 7.11 Å². The Morgan fingerprint density at radius 3 is 2.53 bits per heavy atom. The second-order valence-corrected chi connectivity index (χ2v) is 3.60. The van der Waals surface area contributed by atoms with E-state index < -0.39 is 0 Å². The van der Waals surface area contributed by atoms with Gasteiger partial charge in [0.15, 0.2) is 0 Å². The Morgan fingerprint density at radius 2 is 2.07 bits per heavy atom. The molecular formula is C11H15NO3. The molecule has 0 fully saturated rings. The molecule has 0 saturated carbocycles. The summed E-state index contributed by atoms with van der Waals surface area (Å²) < 4.78 is 6.38. The fourth-order valence-electron chi connectivity index (χ4n) is 1.64. The van der Waals surface area contributed by atoms with Gasteiger partial charge in [0, 0.05) is 19.2 Å². The maximum absolute atomic E-state index is 11.4. The van der Waals surface area contributed by atoms with Crippen LogP contribution in [0.1, 0.15) is 28.7 Å². The van der Waals surface area contributed by atoms with Crippen molar-refractivity contribution in [2.24, 2.45) is 7.05 Å². The molecule has 4 nitrogen and oxygen atoms in total. The van der Waals surface area contributed by atoms with Gasteiger partial charge >= 0.3 is 5.97 Å². The third kappa shape index (κ3) is 2.26. The minimum absolute atomic E-state index is 0.0759. The lowest BCUT2D eigenvalue weighted by Gasteiger charge is -2.05. The van der Waals surface area contributed by atoms with E-state index in [1.807, 2.05) is 13.0 Å². The van der Waals surface area contributed by atoms with Crippen LogP contribution in [-0.2, 0) is 23.0 Å². The van der Waals surface area contributed by atoms with Crippen LogP contribution in [-0.4, -0.2) is 23.4 Å². The topological polar surface area (TPSA) is 48.3 Å². The highest BCUT2D eigenvalue weighted by Crippen LogP contribution is 2.15. The zero-order valence-corrected chi connectivity index (χ0v) is 9.46. The molecule has 0 saturated heterocycles. The molecule has 0 unspecified atom stereocenters. The lowest BCUT2D eigenvalue weighted by atomic mass is 10.2. The maximum Gasteiger partial charge on any atom is 0.354 e. The fraction of sp³-hybridized carbons (Fsp3) is 0.455. The number of ketones is 1. The van der Waals surface area contributed by atoms with Crippen molar-refractivity contribution < 1.29 is 14.3 Å². The number of hydrogen-bond acceptors (Lipinski definition) is 3. The Hall–Kier alpha value is -1.58. The first-order valence-electron chi connectivity index (χ1n) is 4.70. The summed E-state index contributed by atoms with van der Waals surface area (Å²) in [5, 5.41) is 0. The second kappa shape index (κ2) is 4.29. The number of rotatable bonds is 3. The van der Waals surface area contributed by atoms with E-state index in [1.54, 1.807) is 11.6 Å². The van der Waals surface area contributed by atoms with E-state index in [1.165, 1.54) is 14.0 Å². The van der Waals surface area contributed by atoms with Gasteiger partial charge < -0.3 is 9.30 Å². The van der Waals surface area contributed by atoms with Crippen LogP contribution >= 0.6 is 0 Å². The zero-order chi connectivity index (χ0) is 11.6. The summed E-state index contributed by atoms with van der Waals surface area (Å²) in [5.41, 5.74) is 2.18. The standard InChI is InChI=1S/C11H15NO3/c1-7-5-9(6-8(2)13)12(3)10(7)11(14)15-4/h5H,6H2,1-4H3. The van der Waals surface area contributed by atoms with E-state index in [-0.39, 0.29) is 11.8 Å². The normalized spacial score (nSPS) is 10.1. The van der Waals surface area contributed by atoms with Crippen LogP contribution in [0.25, 0.3) is 0 Å². The summed E-state index contributed by atoms with van der Waals surface area (Å²) in [7, 11) is 3.11. The van der Waals surface area contributed by atoms with Crippen molar-refractivity contribution in [3.05, 3.63) is 23.0 Å². The van der Waals surface area contributed by atoms with Crippen LogP contribution in [0, 0.1) is 6.92 Å². The van der Waals surface area contributed by atoms with Gasteiger partial charge in [-0.1, -0.05) is 0 Å². The summed E-state index contributed by atoms with van der Waals surface area (Å²) in [6.45, 7) is 3.36. The molecule has 15 heavy (non-hydrogen) atoms. The molecule has 1 rings (SSSR count). The summed E-state index contributed by atoms with van der Waals surface area (Å²) in [5.74, 6) is -0.295. The smallest absolute Gasteiger partial charge is 0.354 e. The Morgan fingerprint density at radius 1 is 1.47 bits per heavy atom. The second-order valence-electron chi connectivity index (χ2n) is 3.60. The predicted octanol–water partition coefficient (Wildman–Crippen LogP) is 1.25. The molecule has 0 radical (unpaired) electrons. The molecule has 0 aromatic carbocycles. The maximum atomic E-state index is 11.4. The molecule has 0 amide bonds. The predicted molar refractivity (Wildman–Crippen MR) is 55.9 cm³/mol. The monoisotopic (exact) mass is 209 g/mol. The Balaban J connectivity index is 3.14. The number of esters is 1. The highest BCUT2D eigenvalue weighted by Gasteiger charge is 2.17. The number of aryl methyl sites for hydroxylation is 1. The number of carbonyl (C=O) groups is 2. The quantitative estimate of drug-likeness (QED) is 0.704. The molecule has 1 aromatic rings. The number of aromatic nitrogens is 1. The van der Waals surface area contributed by atoms with Crippen LogP contribution in [0.4, 0.5) is 0 Å². The Bertz CT molecular complexity index is 404. The highest BCUT2D eigenvalue weighted by atomic mass is 16.5. The van der Waals surface area contributed by atoms with Crippen molar-refractivity contribution in [3.63, 3.8) is 0 Å². The van der Waals surface area contributed by atoms with Crippen LogP contribution in [0.3, 0.4) is 0 Å². The molecule has 4 heteroatoms. The van der Waals surface area contributed by atoms with E-state index >= 15 is 0 Å². The third-order valence-corrected chi connectivity index (χ3v) is 2.33. The average Bonchev–Trinajstić information content (AvgIpc) is 2.40. The summed E-state index contributed by atoms with van der Waals surface area (Å²) in [4.78, 5) is 22.4. The first-order valence-corrected chi connectivity index (χ1v) is 4.70. The van der Waals surface area contributed by atoms with E-state index in [0.29, 0.717) is 12.1 Å². The number of carbonyl (C=O) groups excluding carboxylic acids is 2. The molecule has 0 N–H and O–H groups in total. The van der Waals surface area contributed by atoms with Crippen molar-refractivity contribution in [1.29, 1.82) is 0 Å². The molecular weight excluding hydrogens is 194 g/mol. The van der Waals surface area contributed by atoms with Gasteiger partial charge in [-0.3, -0.25) is 4.79 Å². The summed E-state index contributed by atoms with van der Waals surface area (Å²) >= 11 is 0. The first kappa shape index (κ1) is 11.5. The van der Waals surface area contributed by atoms with Gasteiger partial charge in [-0.2, -0.15) is 0 Å². The lowest BCUT2D eigenvalue weighted by molar-refractivity contribution is -0.116. The lowest BCUT2D eigenvalue weighted by Crippen LogP contribution is -2.11. The first-order chi connectivity index (χ1) is 6.97.